The van der Waals surface area contributed by atoms with Gasteiger partial charge in [0.25, 0.3) is 0 Å². The summed E-state index contributed by atoms with van der Waals surface area (Å²) < 4.78 is 11.8. The molecule has 0 unspecified atom stereocenters. The Morgan fingerprint density at radius 3 is 2.24 bits per heavy atom. The Hall–Kier alpha value is -0.846. The number of hydrogen-bond acceptors (Lipinski definition) is 2. The zero-order valence-corrected chi connectivity index (χ0v) is 13.2. The molecule has 1 aromatic rings. The van der Waals surface area contributed by atoms with E-state index < -0.39 is 16.6 Å². The summed E-state index contributed by atoms with van der Waals surface area (Å²) in [6.07, 6.45) is 0. The van der Waals surface area contributed by atoms with Crippen molar-refractivity contribution in [2.45, 2.75) is 26.2 Å². The monoisotopic (exact) mass is 264 g/mol. The van der Waals surface area contributed by atoms with Gasteiger partial charge in [-0.3, -0.25) is 0 Å². The van der Waals surface area contributed by atoms with Gasteiger partial charge in [-0.1, -0.05) is 23.9 Å². The molecule has 0 amide bonds. The van der Waals surface area contributed by atoms with E-state index in [2.05, 4.69) is 44.0 Å². The molecule has 2 rings (SSSR count). The zero-order valence-electron chi connectivity index (χ0n) is 11.2. The third-order valence-corrected chi connectivity index (χ3v) is 10.2. The van der Waals surface area contributed by atoms with E-state index in [-0.39, 0.29) is 0 Å². The van der Waals surface area contributed by atoms with Crippen molar-refractivity contribution in [2.24, 2.45) is 0 Å². The predicted molar refractivity (Wildman–Crippen MR) is 77.0 cm³/mol. The van der Waals surface area contributed by atoms with Gasteiger partial charge >= 0.3 is 0 Å². The van der Waals surface area contributed by atoms with Crippen LogP contribution in [0.1, 0.15) is 5.56 Å². The van der Waals surface area contributed by atoms with Crippen LogP contribution in [0.15, 0.2) is 30.0 Å². The molecule has 92 valence electrons. The topological polar surface area (TPSA) is 18.5 Å². The van der Waals surface area contributed by atoms with Crippen LogP contribution in [-0.4, -0.2) is 23.7 Å². The van der Waals surface area contributed by atoms with E-state index in [0.717, 1.165) is 5.75 Å². The summed E-state index contributed by atoms with van der Waals surface area (Å²) in [6.45, 7) is 9.05. The molecule has 1 heterocycles. The number of methoxy groups -OCH3 is 1. The second-order valence-corrected chi connectivity index (χ2v) is 13.3. The number of para-hydroxylation sites is 1. The average Bonchev–Trinajstić information content (AvgIpc) is 2.46. The Kier molecular flexibility index (Phi) is 3.05. The standard InChI is InChI=1S/C13H20O2Si2/c1-14-12-9-7-6-8-11(12)13-10-16(2,3)15-17(13,4)5/h6-10H,1-5H3. The largest absolute Gasteiger partial charge is 0.496 e. The highest BCUT2D eigenvalue weighted by molar-refractivity contribution is 7.03. The van der Waals surface area contributed by atoms with Crippen LogP contribution in [0.5, 0.6) is 5.75 Å². The lowest BCUT2D eigenvalue weighted by atomic mass is 10.2. The summed E-state index contributed by atoms with van der Waals surface area (Å²) in [6, 6.07) is 8.23. The van der Waals surface area contributed by atoms with Crippen molar-refractivity contribution >= 4 is 21.8 Å². The van der Waals surface area contributed by atoms with Gasteiger partial charge in [-0.15, -0.1) is 0 Å². The normalized spacial score (nSPS) is 21.1. The highest BCUT2D eigenvalue weighted by atomic mass is 28.4. The lowest BCUT2D eigenvalue weighted by Gasteiger charge is -2.25. The molecule has 0 fully saturated rings. The predicted octanol–water partition coefficient (Wildman–Crippen LogP) is 3.60. The molecule has 2 nitrogen and oxygen atoms in total. The van der Waals surface area contributed by atoms with Crippen LogP contribution in [0.25, 0.3) is 5.20 Å². The van der Waals surface area contributed by atoms with Gasteiger partial charge < -0.3 is 8.85 Å². The molecule has 0 saturated heterocycles. The molecule has 1 aromatic carbocycles. The van der Waals surface area contributed by atoms with Crippen LogP contribution in [0.3, 0.4) is 0 Å². The maximum atomic E-state index is 6.33. The second kappa shape index (κ2) is 4.12. The van der Waals surface area contributed by atoms with Gasteiger partial charge in [0.05, 0.1) is 7.11 Å². The van der Waals surface area contributed by atoms with Crippen molar-refractivity contribution in [1.82, 2.24) is 0 Å². The quantitative estimate of drug-likeness (QED) is 0.760. The first-order valence-electron chi connectivity index (χ1n) is 5.93. The maximum Gasteiger partial charge on any atom is 0.206 e. The molecule has 0 radical (unpaired) electrons. The van der Waals surface area contributed by atoms with Crippen LogP contribution in [0, 0.1) is 0 Å². The number of rotatable bonds is 2. The number of hydrogen-bond donors (Lipinski definition) is 0. The van der Waals surface area contributed by atoms with Crippen molar-refractivity contribution in [3.63, 3.8) is 0 Å². The van der Waals surface area contributed by atoms with Gasteiger partial charge in [-0.2, -0.15) is 0 Å². The van der Waals surface area contributed by atoms with Crippen LogP contribution in [0.2, 0.25) is 26.2 Å². The van der Waals surface area contributed by atoms with Crippen molar-refractivity contribution in [3.05, 3.63) is 35.5 Å². The Morgan fingerprint density at radius 1 is 1.06 bits per heavy atom. The van der Waals surface area contributed by atoms with Gasteiger partial charge in [-0.05, 0) is 37.5 Å². The van der Waals surface area contributed by atoms with E-state index in [1.165, 1.54) is 10.8 Å². The molecule has 0 aliphatic carbocycles. The molecule has 1 aliphatic heterocycles. The van der Waals surface area contributed by atoms with E-state index in [4.69, 9.17) is 8.85 Å². The molecule has 0 bridgehead atoms. The van der Waals surface area contributed by atoms with E-state index >= 15 is 0 Å². The lowest BCUT2D eigenvalue weighted by Crippen LogP contribution is -2.36. The van der Waals surface area contributed by atoms with Crippen molar-refractivity contribution in [2.75, 3.05) is 7.11 Å². The first-order chi connectivity index (χ1) is 7.86. The highest BCUT2D eigenvalue weighted by Crippen LogP contribution is 2.40. The fourth-order valence-corrected chi connectivity index (χ4v) is 12.6. The minimum atomic E-state index is -1.75. The first-order valence-corrected chi connectivity index (χ1v) is 11.8. The Labute approximate surface area is 106 Å². The second-order valence-electron chi connectivity index (χ2n) is 5.47. The summed E-state index contributed by atoms with van der Waals surface area (Å²) in [5.41, 5.74) is 3.60. The first kappa shape index (κ1) is 12.6. The Bertz CT molecular complexity index is 464. The fraction of sp³-hybridized carbons (Fsp3) is 0.385. The molecule has 0 atom stereocenters. The summed E-state index contributed by atoms with van der Waals surface area (Å²) in [7, 11) is -1.64. The van der Waals surface area contributed by atoms with Crippen LogP contribution < -0.4 is 4.74 Å². The van der Waals surface area contributed by atoms with E-state index in [0.29, 0.717) is 0 Å². The van der Waals surface area contributed by atoms with Crippen molar-refractivity contribution < 1.29 is 8.85 Å². The molecular weight excluding hydrogens is 244 g/mol. The molecule has 0 saturated carbocycles. The maximum absolute atomic E-state index is 6.33. The molecule has 0 N–H and O–H groups in total. The molecular formula is C13H20O2Si2. The molecule has 1 aliphatic rings. The highest BCUT2D eigenvalue weighted by Gasteiger charge is 2.43. The van der Waals surface area contributed by atoms with Gasteiger partial charge in [-0.25, -0.2) is 0 Å². The Morgan fingerprint density at radius 2 is 1.71 bits per heavy atom. The third kappa shape index (κ3) is 2.39. The van der Waals surface area contributed by atoms with Gasteiger partial charge in [0.1, 0.15) is 5.75 Å². The number of benzene rings is 1. The van der Waals surface area contributed by atoms with Crippen molar-refractivity contribution in [1.29, 1.82) is 0 Å². The summed E-state index contributed by atoms with van der Waals surface area (Å²) in [5.74, 6) is 0.953. The Balaban J connectivity index is 2.53. The average molecular weight is 264 g/mol. The molecule has 4 heteroatoms. The lowest BCUT2D eigenvalue weighted by molar-refractivity contribution is 0.413. The van der Waals surface area contributed by atoms with Crippen LogP contribution >= 0.6 is 0 Å². The van der Waals surface area contributed by atoms with E-state index in [1.54, 1.807) is 7.11 Å². The molecule has 0 spiro atoms. The minimum Gasteiger partial charge on any atom is -0.496 e. The van der Waals surface area contributed by atoms with Crippen molar-refractivity contribution in [3.8, 4) is 5.75 Å². The fourth-order valence-electron chi connectivity index (χ4n) is 2.53. The minimum absolute atomic E-state index is 0.953. The van der Waals surface area contributed by atoms with Crippen LogP contribution in [-0.2, 0) is 4.12 Å². The summed E-state index contributed by atoms with van der Waals surface area (Å²) in [4.78, 5) is 0. The van der Waals surface area contributed by atoms with E-state index in [9.17, 15) is 0 Å². The zero-order chi connectivity index (χ0) is 12.7. The van der Waals surface area contributed by atoms with Gasteiger partial charge in [0.15, 0.2) is 8.32 Å². The summed E-state index contributed by atoms with van der Waals surface area (Å²) in [5, 5.41) is 1.40. The molecule has 0 aromatic heterocycles. The van der Waals surface area contributed by atoms with Gasteiger partial charge in [0.2, 0.25) is 8.32 Å². The summed E-state index contributed by atoms with van der Waals surface area (Å²) >= 11 is 0. The van der Waals surface area contributed by atoms with Gasteiger partial charge in [0, 0.05) is 5.56 Å². The molecule has 17 heavy (non-hydrogen) atoms. The third-order valence-electron chi connectivity index (χ3n) is 3.06. The SMILES string of the molecule is COc1ccccc1C1=C[Si](C)(C)O[Si]1(C)C. The van der Waals surface area contributed by atoms with Crippen LogP contribution in [0.4, 0.5) is 0 Å². The smallest absolute Gasteiger partial charge is 0.206 e. The van der Waals surface area contributed by atoms with E-state index in [1.807, 2.05) is 12.1 Å². The number of ether oxygens (including phenoxy) is 1.